The van der Waals surface area contributed by atoms with Gasteiger partial charge in [-0.25, -0.2) is 4.98 Å². The minimum Gasteiger partial charge on any atom is -0.493 e. The van der Waals surface area contributed by atoms with E-state index in [9.17, 15) is 9.59 Å². The molecule has 0 spiro atoms. The number of aromatic nitrogens is 2. The van der Waals surface area contributed by atoms with E-state index in [0.29, 0.717) is 52.6 Å². The molecule has 4 aromatic rings. The van der Waals surface area contributed by atoms with Crippen molar-refractivity contribution in [2.45, 2.75) is 6.92 Å². The van der Waals surface area contributed by atoms with Crippen LogP contribution < -0.4 is 20.3 Å². The van der Waals surface area contributed by atoms with E-state index in [0.717, 1.165) is 0 Å². The van der Waals surface area contributed by atoms with Gasteiger partial charge in [-0.2, -0.15) is 0 Å². The molecule has 32 heavy (non-hydrogen) atoms. The van der Waals surface area contributed by atoms with Crippen LogP contribution in [0.25, 0.3) is 16.6 Å². The Balaban J connectivity index is 1.42. The molecule has 0 atom stereocenters. The number of carbonyl (C=O) groups is 1. The van der Waals surface area contributed by atoms with Crippen LogP contribution in [0.4, 0.5) is 0 Å². The van der Waals surface area contributed by atoms with Crippen LogP contribution in [0.15, 0.2) is 77.6 Å². The summed E-state index contributed by atoms with van der Waals surface area (Å²) in [6, 6.07) is 21.4. The smallest absolute Gasteiger partial charge is 0.265 e. The molecule has 7 heteroatoms. The molecule has 0 aliphatic heterocycles. The van der Waals surface area contributed by atoms with Crippen molar-refractivity contribution < 1.29 is 14.3 Å². The van der Waals surface area contributed by atoms with Gasteiger partial charge in [0, 0.05) is 5.56 Å². The molecule has 1 amide bonds. The van der Waals surface area contributed by atoms with Crippen LogP contribution in [0.1, 0.15) is 16.2 Å². The number of para-hydroxylation sites is 3. The van der Waals surface area contributed by atoms with E-state index in [1.807, 2.05) is 42.5 Å². The number of fused-ring (bicyclic) bond motifs is 1. The summed E-state index contributed by atoms with van der Waals surface area (Å²) in [7, 11) is 1.58. The summed E-state index contributed by atoms with van der Waals surface area (Å²) in [6.45, 7) is 2.43. The van der Waals surface area contributed by atoms with E-state index >= 15 is 0 Å². The van der Waals surface area contributed by atoms with Crippen LogP contribution in [-0.2, 0) is 0 Å². The highest BCUT2D eigenvalue weighted by Crippen LogP contribution is 2.25. The van der Waals surface area contributed by atoms with Crippen molar-refractivity contribution in [1.82, 2.24) is 14.9 Å². The number of carbonyl (C=O) groups excluding carboxylic acids is 1. The molecule has 3 aromatic carbocycles. The topological polar surface area (TPSA) is 82.4 Å². The average molecular weight is 429 g/mol. The third kappa shape index (κ3) is 4.32. The zero-order chi connectivity index (χ0) is 22.5. The van der Waals surface area contributed by atoms with Crippen molar-refractivity contribution in [2.24, 2.45) is 0 Å². The molecule has 0 fully saturated rings. The van der Waals surface area contributed by atoms with Gasteiger partial charge in [0.1, 0.15) is 12.4 Å². The third-order valence-electron chi connectivity index (χ3n) is 5.05. The second-order valence-corrected chi connectivity index (χ2v) is 7.12. The molecule has 7 nitrogen and oxygen atoms in total. The normalized spacial score (nSPS) is 10.7. The van der Waals surface area contributed by atoms with Gasteiger partial charge in [0.15, 0.2) is 11.5 Å². The molecular formula is C25H23N3O4. The lowest BCUT2D eigenvalue weighted by Crippen LogP contribution is -2.28. The van der Waals surface area contributed by atoms with Crippen molar-refractivity contribution in [3.05, 3.63) is 94.5 Å². The van der Waals surface area contributed by atoms with E-state index in [-0.39, 0.29) is 11.5 Å². The van der Waals surface area contributed by atoms with Crippen molar-refractivity contribution in [2.75, 3.05) is 20.3 Å². The lowest BCUT2D eigenvalue weighted by molar-refractivity contribution is 0.0947. The molecule has 1 N–H and O–H groups in total. The average Bonchev–Trinajstić information content (AvgIpc) is 2.82. The first-order valence-electron chi connectivity index (χ1n) is 10.2. The van der Waals surface area contributed by atoms with Crippen LogP contribution in [-0.4, -0.2) is 35.7 Å². The summed E-state index contributed by atoms with van der Waals surface area (Å²) in [5, 5.41) is 3.38. The Labute approximate surface area is 185 Å². The lowest BCUT2D eigenvalue weighted by atomic mass is 10.2. The fourth-order valence-electron chi connectivity index (χ4n) is 3.48. The van der Waals surface area contributed by atoms with Gasteiger partial charge >= 0.3 is 0 Å². The van der Waals surface area contributed by atoms with Crippen LogP contribution in [0.5, 0.6) is 11.5 Å². The van der Waals surface area contributed by atoms with Gasteiger partial charge in [0.2, 0.25) is 0 Å². The summed E-state index contributed by atoms with van der Waals surface area (Å²) in [4.78, 5) is 29.9. The fraction of sp³-hybridized carbons (Fsp3) is 0.160. The van der Waals surface area contributed by atoms with Gasteiger partial charge < -0.3 is 14.8 Å². The van der Waals surface area contributed by atoms with Gasteiger partial charge in [-0.15, -0.1) is 0 Å². The number of methoxy groups -OCH3 is 1. The highest BCUT2D eigenvalue weighted by Gasteiger charge is 2.11. The van der Waals surface area contributed by atoms with Crippen LogP contribution in [0, 0.1) is 6.92 Å². The Bertz CT molecular complexity index is 1310. The number of benzene rings is 3. The first kappa shape index (κ1) is 21.1. The number of hydrogen-bond donors (Lipinski definition) is 1. The fourth-order valence-corrected chi connectivity index (χ4v) is 3.48. The molecule has 0 saturated heterocycles. The number of hydrogen-bond acceptors (Lipinski definition) is 5. The molecule has 0 aliphatic rings. The van der Waals surface area contributed by atoms with Crippen molar-refractivity contribution >= 4 is 16.8 Å². The molecule has 0 unspecified atom stereocenters. The summed E-state index contributed by atoms with van der Waals surface area (Å²) < 4.78 is 12.5. The molecule has 0 radical (unpaired) electrons. The number of aryl methyl sites for hydroxylation is 1. The van der Waals surface area contributed by atoms with E-state index in [2.05, 4.69) is 10.3 Å². The molecule has 0 aliphatic carbocycles. The minimum atomic E-state index is -0.221. The quantitative estimate of drug-likeness (QED) is 0.455. The highest BCUT2D eigenvalue weighted by atomic mass is 16.5. The SMILES string of the molecule is COc1ccccc1OCCNC(=O)c1ccc(-n2c(C)nc3ccccc3c2=O)cc1. The van der Waals surface area contributed by atoms with E-state index < -0.39 is 0 Å². The molecule has 1 aromatic heterocycles. The van der Waals surface area contributed by atoms with Crippen molar-refractivity contribution in [3.8, 4) is 17.2 Å². The lowest BCUT2D eigenvalue weighted by Gasteiger charge is -2.12. The minimum absolute atomic E-state index is 0.140. The predicted octanol–water partition coefficient (Wildman–Crippen LogP) is 3.51. The van der Waals surface area contributed by atoms with Gasteiger partial charge in [0.25, 0.3) is 11.5 Å². The summed E-state index contributed by atoms with van der Waals surface area (Å²) in [5.41, 5.74) is 1.67. The van der Waals surface area contributed by atoms with E-state index in [4.69, 9.17) is 9.47 Å². The zero-order valence-corrected chi connectivity index (χ0v) is 17.9. The Hall–Kier alpha value is -4.13. The second kappa shape index (κ2) is 9.34. The number of rotatable bonds is 7. The zero-order valence-electron chi connectivity index (χ0n) is 17.9. The Morgan fingerprint density at radius 2 is 1.66 bits per heavy atom. The Morgan fingerprint density at radius 1 is 0.969 bits per heavy atom. The maximum atomic E-state index is 12.9. The summed E-state index contributed by atoms with van der Waals surface area (Å²) in [5.74, 6) is 1.63. The van der Waals surface area contributed by atoms with Gasteiger partial charge in [-0.3, -0.25) is 14.2 Å². The number of amides is 1. The van der Waals surface area contributed by atoms with Crippen LogP contribution in [0.3, 0.4) is 0 Å². The molecule has 4 rings (SSSR count). The van der Waals surface area contributed by atoms with Crippen LogP contribution >= 0.6 is 0 Å². The maximum Gasteiger partial charge on any atom is 0.265 e. The van der Waals surface area contributed by atoms with E-state index in [1.54, 1.807) is 48.9 Å². The predicted molar refractivity (Wildman–Crippen MR) is 123 cm³/mol. The number of nitrogens with zero attached hydrogens (tertiary/aromatic N) is 2. The maximum absolute atomic E-state index is 12.9. The first-order chi connectivity index (χ1) is 15.6. The van der Waals surface area contributed by atoms with Gasteiger partial charge in [0.05, 0.1) is 30.2 Å². The largest absolute Gasteiger partial charge is 0.493 e. The monoisotopic (exact) mass is 429 g/mol. The molecule has 1 heterocycles. The Morgan fingerprint density at radius 3 is 2.41 bits per heavy atom. The standard InChI is InChI=1S/C25H23N3O4/c1-17-27-21-8-4-3-7-20(21)25(30)28(17)19-13-11-18(12-14-19)24(29)26-15-16-32-23-10-6-5-9-22(23)31-2/h3-14H,15-16H2,1-2H3,(H,26,29). The Kier molecular flexibility index (Phi) is 6.17. The van der Waals surface area contributed by atoms with E-state index in [1.165, 1.54) is 0 Å². The van der Waals surface area contributed by atoms with Crippen molar-refractivity contribution in [1.29, 1.82) is 0 Å². The van der Waals surface area contributed by atoms with Crippen LogP contribution in [0.2, 0.25) is 0 Å². The van der Waals surface area contributed by atoms with Gasteiger partial charge in [-0.1, -0.05) is 24.3 Å². The molecule has 0 saturated carbocycles. The molecular weight excluding hydrogens is 406 g/mol. The highest BCUT2D eigenvalue weighted by molar-refractivity contribution is 5.94. The summed E-state index contributed by atoms with van der Waals surface area (Å²) >= 11 is 0. The molecule has 0 bridgehead atoms. The first-order valence-corrected chi connectivity index (χ1v) is 10.2. The third-order valence-corrected chi connectivity index (χ3v) is 5.05. The van der Waals surface area contributed by atoms with Crippen molar-refractivity contribution in [3.63, 3.8) is 0 Å². The second-order valence-electron chi connectivity index (χ2n) is 7.12. The molecule has 162 valence electrons. The van der Waals surface area contributed by atoms with Gasteiger partial charge in [-0.05, 0) is 55.5 Å². The summed E-state index contributed by atoms with van der Waals surface area (Å²) in [6.07, 6.45) is 0. The number of nitrogens with one attached hydrogen (secondary N) is 1. The number of ether oxygens (including phenoxy) is 2.